The zero-order valence-corrected chi connectivity index (χ0v) is 21.1. The van der Waals surface area contributed by atoms with Crippen LogP contribution in [0, 0.1) is 27.7 Å². The molecule has 0 heterocycles. The van der Waals surface area contributed by atoms with Crippen LogP contribution >= 0.6 is 11.6 Å². The lowest BCUT2D eigenvalue weighted by molar-refractivity contribution is -0.120. The van der Waals surface area contributed by atoms with E-state index in [-0.39, 0.29) is 17.5 Å². The van der Waals surface area contributed by atoms with Gasteiger partial charge in [0.2, 0.25) is 5.91 Å². The molecule has 0 aliphatic carbocycles. The Balaban J connectivity index is 1.93. The van der Waals surface area contributed by atoms with E-state index < -0.39 is 15.9 Å². The molecule has 1 atom stereocenters. The maximum Gasteiger partial charge on any atom is 0.264 e. The summed E-state index contributed by atoms with van der Waals surface area (Å²) in [6, 6.07) is 17.3. The lowest BCUT2D eigenvalue weighted by Gasteiger charge is -2.26. The molecule has 1 unspecified atom stereocenters. The van der Waals surface area contributed by atoms with Crippen LogP contribution in [0.15, 0.2) is 65.6 Å². The van der Waals surface area contributed by atoms with Crippen molar-refractivity contribution >= 4 is 33.2 Å². The summed E-state index contributed by atoms with van der Waals surface area (Å²) in [5.74, 6) is -0.397. The molecule has 0 saturated heterocycles. The first-order valence-electron chi connectivity index (χ1n) is 10.7. The number of sulfonamides is 1. The molecule has 0 spiro atoms. The van der Waals surface area contributed by atoms with E-state index in [1.165, 1.54) is 5.56 Å². The molecule has 3 rings (SSSR count). The highest BCUT2D eigenvalue weighted by atomic mass is 35.5. The van der Waals surface area contributed by atoms with Crippen LogP contribution in [0.3, 0.4) is 0 Å². The van der Waals surface area contributed by atoms with E-state index in [4.69, 9.17) is 11.6 Å². The number of rotatable bonds is 7. The Morgan fingerprint density at radius 1 is 0.909 bits per heavy atom. The second kappa shape index (κ2) is 9.98. The van der Waals surface area contributed by atoms with Gasteiger partial charge in [-0.15, -0.1) is 0 Å². The SMILES string of the molecule is Cc1ccc(S(=O)(=O)N(CC(=O)NC(C)c2ccc(C)c(C)c2)c2ccc(Cl)cc2C)cc1. The zero-order valence-electron chi connectivity index (χ0n) is 19.5. The van der Waals surface area contributed by atoms with Gasteiger partial charge in [-0.2, -0.15) is 0 Å². The first-order valence-corrected chi connectivity index (χ1v) is 12.5. The topological polar surface area (TPSA) is 66.5 Å². The molecule has 5 nitrogen and oxygen atoms in total. The van der Waals surface area contributed by atoms with Gasteiger partial charge in [-0.05, 0) is 87.2 Å². The predicted molar refractivity (Wildman–Crippen MR) is 134 cm³/mol. The van der Waals surface area contributed by atoms with Gasteiger partial charge in [-0.1, -0.05) is 47.5 Å². The van der Waals surface area contributed by atoms with Crippen molar-refractivity contribution in [3.63, 3.8) is 0 Å². The number of anilines is 1. The van der Waals surface area contributed by atoms with Crippen LogP contribution in [-0.2, 0) is 14.8 Å². The van der Waals surface area contributed by atoms with Gasteiger partial charge in [-0.3, -0.25) is 9.10 Å². The quantitative estimate of drug-likeness (QED) is 0.471. The number of nitrogens with zero attached hydrogens (tertiary/aromatic N) is 1. The number of nitrogens with one attached hydrogen (secondary N) is 1. The molecule has 0 fully saturated rings. The van der Waals surface area contributed by atoms with Crippen LogP contribution in [0.25, 0.3) is 0 Å². The second-order valence-electron chi connectivity index (χ2n) is 8.39. The number of hydrogen-bond donors (Lipinski definition) is 1. The van der Waals surface area contributed by atoms with Gasteiger partial charge in [0.1, 0.15) is 6.54 Å². The molecule has 1 amide bonds. The molecule has 0 aliphatic rings. The van der Waals surface area contributed by atoms with Crippen LogP contribution in [0.2, 0.25) is 5.02 Å². The normalized spacial score (nSPS) is 12.3. The van der Waals surface area contributed by atoms with Gasteiger partial charge >= 0.3 is 0 Å². The minimum atomic E-state index is -3.98. The highest BCUT2D eigenvalue weighted by molar-refractivity contribution is 7.92. The highest BCUT2D eigenvalue weighted by Gasteiger charge is 2.29. The van der Waals surface area contributed by atoms with Crippen LogP contribution < -0.4 is 9.62 Å². The smallest absolute Gasteiger partial charge is 0.264 e. The zero-order chi connectivity index (χ0) is 24.3. The van der Waals surface area contributed by atoms with Crippen LogP contribution in [0.1, 0.15) is 40.8 Å². The summed E-state index contributed by atoms with van der Waals surface area (Å²) in [7, 11) is -3.98. The molecule has 3 aromatic rings. The van der Waals surface area contributed by atoms with Gasteiger partial charge in [0.15, 0.2) is 0 Å². The Morgan fingerprint density at radius 3 is 2.18 bits per heavy atom. The molecule has 174 valence electrons. The number of carbonyl (C=O) groups excluding carboxylic acids is 1. The van der Waals surface area contributed by atoms with Crippen LogP contribution in [0.4, 0.5) is 5.69 Å². The van der Waals surface area contributed by atoms with E-state index in [0.29, 0.717) is 16.3 Å². The molecule has 0 aromatic heterocycles. The third kappa shape index (κ3) is 5.75. The third-order valence-corrected chi connectivity index (χ3v) is 7.74. The average molecular weight is 485 g/mol. The molecule has 33 heavy (non-hydrogen) atoms. The van der Waals surface area contributed by atoms with Crippen molar-refractivity contribution < 1.29 is 13.2 Å². The molecule has 0 saturated carbocycles. The lowest BCUT2D eigenvalue weighted by atomic mass is 10.0. The molecule has 0 radical (unpaired) electrons. The first-order chi connectivity index (χ1) is 15.5. The molecule has 7 heteroatoms. The second-order valence-corrected chi connectivity index (χ2v) is 10.7. The summed E-state index contributed by atoms with van der Waals surface area (Å²) in [5.41, 5.74) is 5.28. The van der Waals surface area contributed by atoms with Crippen molar-refractivity contribution in [1.29, 1.82) is 0 Å². The number of hydrogen-bond acceptors (Lipinski definition) is 3. The summed E-state index contributed by atoms with van der Waals surface area (Å²) >= 11 is 6.09. The fraction of sp³-hybridized carbons (Fsp3) is 0.269. The van der Waals surface area contributed by atoms with Crippen molar-refractivity contribution in [2.24, 2.45) is 0 Å². The fourth-order valence-electron chi connectivity index (χ4n) is 3.57. The number of carbonyl (C=O) groups is 1. The summed E-state index contributed by atoms with van der Waals surface area (Å²) < 4.78 is 28.3. The summed E-state index contributed by atoms with van der Waals surface area (Å²) in [6.45, 7) is 9.24. The fourth-order valence-corrected chi connectivity index (χ4v) is 5.28. The summed E-state index contributed by atoms with van der Waals surface area (Å²) in [5, 5.41) is 3.43. The molecule has 1 N–H and O–H groups in total. The predicted octanol–water partition coefficient (Wildman–Crippen LogP) is 5.65. The van der Waals surface area contributed by atoms with Gasteiger partial charge in [0, 0.05) is 5.02 Å². The Bertz CT molecular complexity index is 1270. The lowest BCUT2D eigenvalue weighted by Crippen LogP contribution is -2.42. The van der Waals surface area contributed by atoms with Crippen molar-refractivity contribution in [3.8, 4) is 0 Å². The van der Waals surface area contributed by atoms with E-state index in [2.05, 4.69) is 5.32 Å². The summed E-state index contributed by atoms with van der Waals surface area (Å²) in [4.78, 5) is 13.2. The molecule has 3 aromatic carbocycles. The number of benzene rings is 3. The van der Waals surface area contributed by atoms with E-state index in [1.807, 2.05) is 45.9 Å². The van der Waals surface area contributed by atoms with Crippen molar-refractivity contribution in [1.82, 2.24) is 5.32 Å². The van der Waals surface area contributed by atoms with Gasteiger partial charge in [0.25, 0.3) is 10.0 Å². The Hall–Kier alpha value is -2.83. The first kappa shape index (κ1) is 24.8. The van der Waals surface area contributed by atoms with Crippen LogP contribution in [-0.4, -0.2) is 20.9 Å². The number of aryl methyl sites for hydroxylation is 4. The molecular formula is C26H29ClN2O3S. The van der Waals surface area contributed by atoms with Gasteiger partial charge < -0.3 is 5.32 Å². The van der Waals surface area contributed by atoms with E-state index >= 15 is 0 Å². The standard InChI is InChI=1S/C26H29ClN2O3S/c1-17-6-11-24(12-7-17)33(31,32)29(25-13-10-23(27)15-20(25)4)16-26(30)28-21(5)22-9-8-18(2)19(3)14-22/h6-15,21H,16H2,1-5H3,(H,28,30). The van der Waals surface area contributed by atoms with E-state index in [0.717, 1.165) is 21.0 Å². The average Bonchev–Trinajstić information content (AvgIpc) is 2.74. The number of halogens is 1. The van der Waals surface area contributed by atoms with Gasteiger partial charge in [0.05, 0.1) is 16.6 Å². The van der Waals surface area contributed by atoms with Crippen molar-refractivity contribution in [2.75, 3.05) is 10.8 Å². The minimum absolute atomic E-state index is 0.123. The van der Waals surface area contributed by atoms with E-state index in [9.17, 15) is 13.2 Å². The summed E-state index contributed by atoms with van der Waals surface area (Å²) in [6.07, 6.45) is 0. The largest absolute Gasteiger partial charge is 0.348 e. The number of amides is 1. The van der Waals surface area contributed by atoms with Gasteiger partial charge in [-0.25, -0.2) is 8.42 Å². The third-order valence-electron chi connectivity index (χ3n) is 5.73. The maximum absolute atomic E-state index is 13.6. The minimum Gasteiger partial charge on any atom is -0.348 e. The Labute approximate surface area is 201 Å². The maximum atomic E-state index is 13.6. The van der Waals surface area contributed by atoms with E-state index in [1.54, 1.807) is 49.4 Å². The molecular weight excluding hydrogens is 456 g/mol. The Morgan fingerprint density at radius 2 is 1.58 bits per heavy atom. The Kier molecular flexibility index (Phi) is 7.50. The highest BCUT2D eigenvalue weighted by Crippen LogP contribution is 2.29. The van der Waals surface area contributed by atoms with Crippen molar-refractivity contribution in [3.05, 3.63) is 93.5 Å². The monoisotopic (exact) mass is 484 g/mol. The molecule has 0 aliphatic heterocycles. The van der Waals surface area contributed by atoms with Crippen LogP contribution in [0.5, 0.6) is 0 Å². The molecule has 0 bridgehead atoms. The van der Waals surface area contributed by atoms with Crippen molar-refractivity contribution in [2.45, 2.75) is 45.6 Å².